The Labute approximate surface area is 132 Å². The number of nitrogens with one attached hydrogen (secondary N) is 1. The fourth-order valence-electron chi connectivity index (χ4n) is 2.65. The molecule has 0 spiro atoms. The van der Waals surface area contributed by atoms with Gasteiger partial charge in [0.15, 0.2) is 5.65 Å². The summed E-state index contributed by atoms with van der Waals surface area (Å²) in [5, 5.41) is 24.6. The zero-order chi connectivity index (χ0) is 15.6. The first kappa shape index (κ1) is 13.5. The van der Waals surface area contributed by atoms with Crippen LogP contribution in [0, 0.1) is 17.2 Å². The number of fused-ring (bicyclic) bond motifs is 1. The number of rotatable bonds is 4. The third-order valence-electron chi connectivity index (χ3n) is 3.92. The second-order valence-corrected chi connectivity index (χ2v) is 5.49. The fraction of sp³-hybridized carbons (Fsp3) is 0.267. The summed E-state index contributed by atoms with van der Waals surface area (Å²) in [5.74, 6) is 2.07. The third kappa shape index (κ3) is 2.53. The molecule has 0 atom stereocenters. The summed E-state index contributed by atoms with van der Waals surface area (Å²) in [7, 11) is 0. The molecule has 0 amide bonds. The Balaban J connectivity index is 1.35. The smallest absolute Gasteiger partial charge is 0.177 e. The average Bonchev–Trinajstić information content (AvgIpc) is 3.01. The zero-order valence-electron chi connectivity index (χ0n) is 12.3. The van der Waals surface area contributed by atoms with E-state index in [2.05, 4.69) is 36.6 Å². The van der Waals surface area contributed by atoms with E-state index in [1.807, 2.05) is 12.1 Å². The predicted octanol–water partition coefficient (Wildman–Crippen LogP) is 0.939. The Morgan fingerprint density at radius 2 is 2.22 bits per heavy atom. The second kappa shape index (κ2) is 5.53. The average molecular weight is 306 g/mol. The van der Waals surface area contributed by atoms with Gasteiger partial charge in [0.2, 0.25) is 0 Å². The number of nitrogens with zero attached hydrogens (tertiary/aromatic N) is 7. The van der Waals surface area contributed by atoms with Crippen molar-refractivity contribution < 1.29 is 0 Å². The third-order valence-corrected chi connectivity index (χ3v) is 3.92. The van der Waals surface area contributed by atoms with Crippen molar-refractivity contribution in [1.29, 1.82) is 5.26 Å². The molecule has 8 heteroatoms. The Morgan fingerprint density at radius 1 is 1.30 bits per heavy atom. The van der Waals surface area contributed by atoms with Crippen molar-refractivity contribution >= 4 is 17.3 Å². The molecule has 0 aromatic carbocycles. The van der Waals surface area contributed by atoms with Gasteiger partial charge in [-0.3, -0.25) is 0 Å². The van der Waals surface area contributed by atoms with Crippen LogP contribution in [-0.2, 0) is 0 Å². The summed E-state index contributed by atoms with van der Waals surface area (Å²) in [6, 6.07) is 9.54. The van der Waals surface area contributed by atoms with Crippen LogP contribution >= 0.6 is 0 Å². The van der Waals surface area contributed by atoms with Crippen molar-refractivity contribution in [3.05, 3.63) is 42.4 Å². The van der Waals surface area contributed by atoms with Crippen molar-refractivity contribution in [2.24, 2.45) is 5.92 Å². The minimum absolute atomic E-state index is 0.502. The monoisotopic (exact) mass is 306 g/mol. The van der Waals surface area contributed by atoms with E-state index in [-0.39, 0.29) is 0 Å². The van der Waals surface area contributed by atoms with Crippen molar-refractivity contribution in [2.75, 3.05) is 29.9 Å². The first-order valence-electron chi connectivity index (χ1n) is 7.34. The Bertz CT molecular complexity index is 874. The molecule has 1 N–H and O–H groups in total. The molecule has 1 aliphatic heterocycles. The maximum atomic E-state index is 9.06. The maximum Gasteiger partial charge on any atom is 0.177 e. The molecule has 1 aliphatic rings. The molecule has 0 bridgehead atoms. The Morgan fingerprint density at radius 3 is 3.09 bits per heavy atom. The number of hydrogen-bond donors (Lipinski definition) is 1. The van der Waals surface area contributed by atoms with E-state index in [4.69, 9.17) is 5.26 Å². The summed E-state index contributed by atoms with van der Waals surface area (Å²) in [6.07, 6.45) is 3.29. The standard InChI is InChI=1S/C15H14N8/c16-6-12-2-1-5-17-15(12)18-7-11-8-22(9-11)14-4-3-13-20-19-10-23(13)21-14/h1-5,10-11H,7-9H2,(H,17,18). The van der Waals surface area contributed by atoms with Gasteiger partial charge in [-0.1, -0.05) is 0 Å². The van der Waals surface area contributed by atoms with Crippen LogP contribution in [0.3, 0.4) is 0 Å². The van der Waals surface area contributed by atoms with Crippen LogP contribution in [-0.4, -0.2) is 44.4 Å². The van der Waals surface area contributed by atoms with Crippen molar-refractivity contribution in [2.45, 2.75) is 0 Å². The van der Waals surface area contributed by atoms with Gasteiger partial charge in [0, 0.05) is 31.7 Å². The molecule has 3 aromatic rings. The van der Waals surface area contributed by atoms with Gasteiger partial charge in [-0.2, -0.15) is 9.78 Å². The number of anilines is 2. The van der Waals surface area contributed by atoms with Crippen LogP contribution in [0.5, 0.6) is 0 Å². The summed E-state index contributed by atoms with van der Waals surface area (Å²) in [6.45, 7) is 2.63. The van der Waals surface area contributed by atoms with Gasteiger partial charge in [0.25, 0.3) is 0 Å². The summed E-state index contributed by atoms with van der Waals surface area (Å²) in [4.78, 5) is 6.41. The SMILES string of the molecule is N#Cc1cccnc1NCC1CN(c2ccc3nncn3n2)C1. The molecule has 4 heterocycles. The largest absolute Gasteiger partial charge is 0.369 e. The summed E-state index contributed by atoms with van der Waals surface area (Å²) >= 11 is 0. The van der Waals surface area contributed by atoms with Gasteiger partial charge < -0.3 is 10.2 Å². The summed E-state index contributed by atoms with van der Waals surface area (Å²) < 4.78 is 1.67. The molecule has 114 valence electrons. The van der Waals surface area contributed by atoms with Crippen molar-refractivity contribution in [3.63, 3.8) is 0 Å². The van der Waals surface area contributed by atoms with Gasteiger partial charge in [-0.25, -0.2) is 4.98 Å². The molecule has 0 radical (unpaired) electrons. The molecule has 0 saturated carbocycles. The lowest BCUT2D eigenvalue weighted by atomic mass is 10.0. The molecular weight excluding hydrogens is 292 g/mol. The number of aromatic nitrogens is 5. The first-order valence-corrected chi connectivity index (χ1v) is 7.34. The van der Waals surface area contributed by atoms with Crippen LogP contribution < -0.4 is 10.2 Å². The quantitative estimate of drug-likeness (QED) is 0.766. The molecule has 1 fully saturated rings. The number of nitriles is 1. The molecule has 4 rings (SSSR count). The van der Waals surface area contributed by atoms with E-state index in [9.17, 15) is 0 Å². The molecule has 3 aromatic heterocycles. The Hall–Kier alpha value is -3.21. The van der Waals surface area contributed by atoms with Gasteiger partial charge in [-0.15, -0.1) is 15.3 Å². The van der Waals surface area contributed by atoms with Crippen LogP contribution in [0.1, 0.15) is 5.56 Å². The lowest BCUT2D eigenvalue weighted by molar-refractivity contribution is 0.424. The van der Waals surface area contributed by atoms with Crippen LogP contribution in [0.25, 0.3) is 5.65 Å². The van der Waals surface area contributed by atoms with E-state index in [1.165, 1.54) is 0 Å². The van der Waals surface area contributed by atoms with Crippen molar-refractivity contribution in [3.8, 4) is 6.07 Å². The topological polar surface area (TPSA) is 95.0 Å². The maximum absolute atomic E-state index is 9.06. The van der Waals surface area contributed by atoms with Crippen LogP contribution in [0.4, 0.5) is 11.6 Å². The predicted molar refractivity (Wildman–Crippen MR) is 83.9 cm³/mol. The van der Waals surface area contributed by atoms with E-state index >= 15 is 0 Å². The highest BCUT2D eigenvalue weighted by atomic mass is 15.4. The van der Waals surface area contributed by atoms with Crippen molar-refractivity contribution in [1.82, 2.24) is 24.8 Å². The zero-order valence-corrected chi connectivity index (χ0v) is 12.3. The second-order valence-electron chi connectivity index (χ2n) is 5.49. The van der Waals surface area contributed by atoms with Gasteiger partial charge >= 0.3 is 0 Å². The highest BCUT2D eigenvalue weighted by Crippen LogP contribution is 2.23. The normalized spacial score (nSPS) is 14.5. The number of pyridine rings is 1. The Kier molecular flexibility index (Phi) is 3.24. The minimum atomic E-state index is 0.502. The molecule has 23 heavy (non-hydrogen) atoms. The summed E-state index contributed by atoms with van der Waals surface area (Å²) in [5.41, 5.74) is 1.31. The number of hydrogen-bond acceptors (Lipinski definition) is 7. The lowest BCUT2D eigenvalue weighted by Crippen LogP contribution is -2.50. The molecule has 1 saturated heterocycles. The van der Waals surface area contributed by atoms with E-state index in [0.29, 0.717) is 17.3 Å². The van der Waals surface area contributed by atoms with Crippen LogP contribution in [0.15, 0.2) is 36.8 Å². The molecule has 0 unspecified atom stereocenters. The van der Waals surface area contributed by atoms with Gasteiger partial charge in [0.05, 0.1) is 5.56 Å². The molecule has 0 aliphatic carbocycles. The highest BCUT2D eigenvalue weighted by molar-refractivity contribution is 5.52. The molecule has 8 nitrogen and oxygen atoms in total. The van der Waals surface area contributed by atoms with Gasteiger partial charge in [0.1, 0.15) is 24.0 Å². The van der Waals surface area contributed by atoms with Gasteiger partial charge in [-0.05, 0) is 24.3 Å². The minimum Gasteiger partial charge on any atom is -0.369 e. The van der Waals surface area contributed by atoms with E-state index in [0.717, 1.165) is 31.1 Å². The van der Waals surface area contributed by atoms with E-state index < -0.39 is 0 Å². The fourth-order valence-corrected chi connectivity index (χ4v) is 2.65. The van der Waals surface area contributed by atoms with E-state index in [1.54, 1.807) is 29.2 Å². The van der Waals surface area contributed by atoms with Crippen LogP contribution in [0.2, 0.25) is 0 Å². The highest BCUT2D eigenvalue weighted by Gasteiger charge is 2.28. The lowest BCUT2D eigenvalue weighted by Gasteiger charge is -2.40. The molecular formula is C15H14N8. The first-order chi connectivity index (χ1) is 11.3.